The van der Waals surface area contributed by atoms with Crippen molar-refractivity contribution in [2.24, 2.45) is 16.8 Å². The van der Waals surface area contributed by atoms with Crippen molar-refractivity contribution in [2.75, 3.05) is 32.8 Å². The van der Waals surface area contributed by atoms with E-state index in [1.165, 1.54) is 6.07 Å². The maximum absolute atomic E-state index is 13.9. The lowest BCUT2D eigenvalue weighted by Crippen LogP contribution is -2.45. The van der Waals surface area contributed by atoms with Crippen LogP contribution in [0.3, 0.4) is 0 Å². The number of hydrogen-bond donors (Lipinski definition) is 2. The highest BCUT2D eigenvalue weighted by Crippen LogP contribution is 2.25. The van der Waals surface area contributed by atoms with E-state index in [4.69, 9.17) is 9.73 Å². The van der Waals surface area contributed by atoms with Crippen molar-refractivity contribution in [3.8, 4) is 0 Å². The van der Waals surface area contributed by atoms with Gasteiger partial charge in [0, 0.05) is 31.2 Å². The van der Waals surface area contributed by atoms with Gasteiger partial charge in [0.2, 0.25) is 0 Å². The Morgan fingerprint density at radius 2 is 1.84 bits per heavy atom. The number of guanidine groups is 1. The third kappa shape index (κ3) is 7.47. The summed E-state index contributed by atoms with van der Waals surface area (Å²) >= 11 is 0. The lowest BCUT2D eigenvalue weighted by Gasteiger charge is -2.32. The van der Waals surface area contributed by atoms with Gasteiger partial charge in [0.1, 0.15) is 5.82 Å². The van der Waals surface area contributed by atoms with Gasteiger partial charge in [-0.2, -0.15) is 0 Å². The van der Waals surface area contributed by atoms with Crippen LogP contribution < -0.4 is 10.6 Å². The van der Waals surface area contributed by atoms with Crippen molar-refractivity contribution in [3.63, 3.8) is 0 Å². The molecule has 178 valence electrons. The second kappa shape index (κ2) is 12.8. The van der Waals surface area contributed by atoms with Crippen LogP contribution in [0.4, 0.5) is 4.39 Å². The fourth-order valence-corrected chi connectivity index (χ4v) is 4.66. The zero-order chi connectivity index (χ0) is 22.8. The van der Waals surface area contributed by atoms with Crippen LogP contribution in [0.1, 0.15) is 57.9 Å². The number of rotatable bonds is 8. The molecule has 2 N–H and O–H groups in total. The van der Waals surface area contributed by atoms with Crippen molar-refractivity contribution < 1.29 is 13.9 Å². The Morgan fingerprint density at radius 1 is 1.12 bits per heavy atom. The van der Waals surface area contributed by atoms with E-state index in [-0.39, 0.29) is 17.7 Å². The number of piperidine rings is 1. The molecule has 0 aromatic heterocycles. The summed E-state index contributed by atoms with van der Waals surface area (Å²) in [4.78, 5) is 19.1. The zero-order valence-corrected chi connectivity index (χ0v) is 19.6. The number of esters is 1. The topological polar surface area (TPSA) is 66.0 Å². The molecule has 1 aromatic rings. The van der Waals surface area contributed by atoms with E-state index in [2.05, 4.69) is 22.5 Å². The molecule has 1 saturated carbocycles. The van der Waals surface area contributed by atoms with Gasteiger partial charge in [-0.05, 0) is 77.4 Å². The van der Waals surface area contributed by atoms with E-state index >= 15 is 0 Å². The molecule has 3 rings (SSSR count). The summed E-state index contributed by atoms with van der Waals surface area (Å²) in [5, 5.41) is 6.94. The molecule has 1 aromatic carbocycles. The molecule has 1 aliphatic carbocycles. The fourth-order valence-electron chi connectivity index (χ4n) is 4.66. The molecule has 0 spiro atoms. The van der Waals surface area contributed by atoms with Crippen molar-refractivity contribution >= 4 is 11.9 Å². The molecular formula is C25H39FN4O2. The standard InChI is InChI=1S/C25H39FN4O2/c1-3-27-25(29-22-11-9-20(10-12-22)24(31)32-4-2)28-17-19-13-15-30(16-14-19)18-21-7-5-6-8-23(21)26/h5-8,19-20,22H,3-4,9-18H2,1-2H3,(H2,27,28,29). The number of benzene rings is 1. The van der Waals surface area contributed by atoms with Gasteiger partial charge in [-0.1, -0.05) is 18.2 Å². The van der Waals surface area contributed by atoms with E-state index < -0.39 is 0 Å². The Hall–Kier alpha value is -2.15. The van der Waals surface area contributed by atoms with E-state index in [1.54, 1.807) is 6.07 Å². The zero-order valence-electron chi connectivity index (χ0n) is 19.6. The maximum atomic E-state index is 13.9. The van der Waals surface area contributed by atoms with Crippen molar-refractivity contribution in [1.29, 1.82) is 0 Å². The number of aliphatic imine (C=N–C) groups is 1. The first-order valence-electron chi connectivity index (χ1n) is 12.3. The van der Waals surface area contributed by atoms with Gasteiger partial charge >= 0.3 is 5.97 Å². The summed E-state index contributed by atoms with van der Waals surface area (Å²) in [7, 11) is 0. The average molecular weight is 447 g/mol. The third-order valence-electron chi connectivity index (χ3n) is 6.60. The molecule has 32 heavy (non-hydrogen) atoms. The Morgan fingerprint density at radius 3 is 2.50 bits per heavy atom. The number of carbonyl (C=O) groups excluding carboxylic acids is 1. The van der Waals surface area contributed by atoms with Crippen LogP contribution in [0.5, 0.6) is 0 Å². The van der Waals surface area contributed by atoms with Crippen LogP contribution in [0.25, 0.3) is 0 Å². The van der Waals surface area contributed by atoms with Crippen molar-refractivity contribution in [2.45, 2.75) is 65.0 Å². The summed E-state index contributed by atoms with van der Waals surface area (Å²) in [5.41, 5.74) is 0.778. The Kier molecular flexibility index (Phi) is 9.78. The predicted molar refractivity (Wildman–Crippen MR) is 126 cm³/mol. The van der Waals surface area contributed by atoms with Crippen LogP contribution in [0.15, 0.2) is 29.3 Å². The number of likely N-dealkylation sites (tertiary alicyclic amines) is 1. The van der Waals surface area contributed by atoms with Gasteiger partial charge in [0.25, 0.3) is 0 Å². The quantitative estimate of drug-likeness (QED) is 0.362. The van der Waals surface area contributed by atoms with Gasteiger partial charge < -0.3 is 15.4 Å². The molecule has 0 atom stereocenters. The summed E-state index contributed by atoms with van der Waals surface area (Å²) in [6.45, 7) is 8.67. The van der Waals surface area contributed by atoms with Crippen LogP contribution in [0.2, 0.25) is 0 Å². The molecular weight excluding hydrogens is 407 g/mol. The van der Waals surface area contributed by atoms with E-state index in [0.717, 1.165) is 76.2 Å². The fraction of sp³-hybridized carbons (Fsp3) is 0.680. The molecule has 7 heteroatoms. The minimum absolute atomic E-state index is 0.0436. The van der Waals surface area contributed by atoms with Crippen LogP contribution in [-0.2, 0) is 16.1 Å². The number of nitrogens with zero attached hydrogens (tertiary/aromatic N) is 2. The molecule has 6 nitrogen and oxygen atoms in total. The molecule has 0 unspecified atom stereocenters. The summed E-state index contributed by atoms with van der Waals surface area (Å²) in [5.74, 6) is 1.31. The van der Waals surface area contributed by atoms with Gasteiger partial charge in [-0.3, -0.25) is 14.7 Å². The molecule has 1 aliphatic heterocycles. The smallest absolute Gasteiger partial charge is 0.308 e. The van der Waals surface area contributed by atoms with Gasteiger partial charge in [-0.15, -0.1) is 0 Å². The number of hydrogen-bond acceptors (Lipinski definition) is 4. The number of nitrogens with one attached hydrogen (secondary N) is 2. The number of ether oxygens (including phenoxy) is 1. The number of carbonyl (C=O) groups is 1. The van der Waals surface area contributed by atoms with E-state index in [1.807, 2.05) is 19.1 Å². The van der Waals surface area contributed by atoms with Gasteiger partial charge in [0.05, 0.1) is 12.5 Å². The third-order valence-corrected chi connectivity index (χ3v) is 6.60. The van der Waals surface area contributed by atoms with Gasteiger partial charge in [0.15, 0.2) is 5.96 Å². The van der Waals surface area contributed by atoms with Crippen molar-refractivity contribution in [1.82, 2.24) is 15.5 Å². The molecule has 1 heterocycles. The van der Waals surface area contributed by atoms with E-state index in [9.17, 15) is 9.18 Å². The second-order valence-electron chi connectivity index (χ2n) is 8.98. The van der Waals surface area contributed by atoms with E-state index in [0.29, 0.717) is 25.1 Å². The number of halogens is 1. The minimum Gasteiger partial charge on any atom is -0.466 e. The maximum Gasteiger partial charge on any atom is 0.308 e. The monoisotopic (exact) mass is 446 g/mol. The predicted octanol–water partition coefficient (Wildman–Crippen LogP) is 3.71. The molecule has 0 radical (unpaired) electrons. The largest absolute Gasteiger partial charge is 0.466 e. The second-order valence-corrected chi connectivity index (χ2v) is 8.98. The highest BCUT2D eigenvalue weighted by atomic mass is 19.1. The van der Waals surface area contributed by atoms with Crippen LogP contribution in [0, 0.1) is 17.7 Å². The normalized spacial score (nSPS) is 23.0. The summed E-state index contributed by atoms with van der Waals surface area (Å²) in [6.07, 6.45) is 5.83. The first-order valence-corrected chi connectivity index (χ1v) is 12.3. The molecule has 0 bridgehead atoms. The summed E-state index contributed by atoms with van der Waals surface area (Å²) < 4.78 is 19.1. The first-order chi connectivity index (χ1) is 15.6. The Balaban J connectivity index is 1.42. The highest BCUT2D eigenvalue weighted by molar-refractivity contribution is 5.80. The average Bonchev–Trinajstić information content (AvgIpc) is 2.81. The molecule has 0 amide bonds. The lowest BCUT2D eigenvalue weighted by atomic mass is 9.86. The first kappa shape index (κ1) is 24.5. The molecule has 2 aliphatic rings. The molecule has 2 fully saturated rings. The van der Waals surface area contributed by atoms with Crippen LogP contribution >= 0.6 is 0 Å². The Labute approximate surface area is 192 Å². The van der Waals surface area contributed by atoms with Gasteiger partial charge in [-0.25, -0.2) is 4.39 Å². The SMILES string of the molecule is CCNC(=NCC1CCN(Cc2ccccc2F)CC1)NC1CCC(C(=O)OCC)CC1. The highest BCUT2D eigenvalue weighted by Gasteiger charge is 2.27. The molecule has 1 saturated heterocycles. The summed E-state index contributed by atoms with van der Waals surface area (Å²) in [6, 6.07) is 7.40. The van der Waals surface area contributed by atoms with Crippen molar-refractivity contribution in [3.05, 3.63) is 35.6 Å². The van der Waals surface area contributed by atoms with Crippen LogP contribution in [-0.4, -0.2) is 55.7 Å². The Bertz CT molecular complexity index is 741. The lowest BCUT2D eigenvalue weighted by molar-refractivity contribution is -0.149. The minimum atomic E-state index is -0.114.